The van der Waals surface area contributed by atoms with Crippen molar-refractivity contribution in [3.63, 3.8) is 0 Å². The topological polar surface area (TPSA) is 75.9 Å². The minimum absolute atomic E-state index is 0.0360. The van der Waals surface area contributed by atoms with E-state index in [1.807, 2.05) is 4.90 Å². The minimum Gasteiger partial charge on any atom is -0.338 e. The molecule has 23 heavy (non-hydrogen) atoms. The number of amides is 1. The second-order valence-corrected chi connectivity index (χ2v) is 5.60. The lowest BCUT2D eigenvalue weighted by Gasteiger charge is -2.31. The number of tetrazole rings is 1. The van der Waals surface area contributed by atoms with Crippen LogP contribution in [-0.2, 0) is 11.2 Å². The van der Waals surface area contributed by atoms with Crippen molar-refractivity contribution in [2.75, 3.05) is 26.2 Å². The molecule has 1 aliphatic heterocycles. The maximum Gasteiger partial charge on any atom is 0.248 e. The molecule has 1 amide bonds. The van der Waals surface area contributed by atoms with Crippen molar-refractivity contribution >= 4 is 5.91 Å². The molecule has 2 heterocycles. The Morgan fingerprint density at radius 2 is 2.17 bits per heavy atom. The Hall–Kier alpha value is -2.35. The first kappa shape index (κ1) is 15.5. The van der Waals surface area contributed by atoms with Gasteiger partial charge in [-0.05, 0) is 35.0 Å². The molecule has 8 heteroatoms. The number of nitrogens with one attached hydrogen (secondary N) is 1. The van der Waals surface area contributed by atoms with Crippen LogP contribution in [-0.4, -0.2) is 57.2 Å². The van der Waals surface area contributed by atoms with Crippen LogP contribution < -0.4 is 5.32 Å². The summed E-state index contributed by atoms with van der Waals surface area (Å²) in [5, 5.41) is 14.7. The monoisotopic (exact) mass is 318 g/mol. The van der Waals surface area contributed by atoms with Gasteiger partial charge in [-0.15, -0.1) is 5.10 Å². The van der Waals surface area contributed by atoms with Gasteiger partial charge in [-0.2, -0.15) is 0 Å². The van der Waals surface area contributed by atoms with Crippen LogP contribution >= 0.6 is 0 Å². The smallest absolute Gasteiger partial charge is 0.248 e. The van der Waals surface area contributed by atoms with Gasteiger partial charge in [0.25, 0.3) is 0 Å². The largest absolute Gasteiger partial charge is 0.338 e. The van der Waals surface area contributed by atoms with Crippen molar-refractivity contribution in [1.29, 1.82) is 0 Å². The van der Waals surface area contributed by atoms with Gasteiger partial charge in [0.1, 0.15) is 17.7 Å². The molecule has 1 atom stereocenters. The van der Waals surface area contributed by atoms with Crippen molar-refractivity contribution in [3.05, 3.63) is 41.5 Å². The van der Waals surface area contributed by atoms with E-state index in [0.29, 0.717) is 25.3 Å². The van der Waals surface area contributed by atoms with Gasteiger partial charge in [0, 0.05) is 32.6 Å². The van der Waals surface area contributed by atoms with E-state index in [9.17, 15) is 9.18 Å². The highest BCUT2D eigenvalue weighted by Crippen LogP contribution is 2.18. The Kier molecular flexibility index (Phi) is 4.61. The third-order valence-corrected chi connectivity index (χ3v) is 3.98. The predicted octanol–water partition coefficient (Wildman–Crippen LogP) is 0.336. The van der Waals surface area contributed by atoms with Crippen LogP contribution in [0, 0.1) is 12.7 Å². The molecular weight excluding hydrogens is 299 g/mol. The normalized spacial score (nSPS) is 16.3. The fourth-order valence-electron chi connectivity index (χ4n) is 2.79. The van der Waals surface area contributed by atoms with Crippen molar-refractivity contribution < 1.29 is 9.18 Å². The summed E-state index contributed by atoms with van der Waals surface area (Å²) in [4.78, 5) is 14.7. The molecule has 3 rings (SSSR count). The van der Waals surface area contributed by atoms with Gasteiger partial charge >= 0.3 is 0 Å². The summed E-state index contributed by atoms with van der Waals surface area (Å²) in [7, 11) is 0. The molecule has 2 aromatic rings. The molecule has 0 aliphatic carbocycles. The van der Waals surface area contributed by atoms with Crippen molar-refractivity contribution in [2.45, 2.75) is 19.4 Å². The van der Waals surface area contributed by atoms with Gasteiger partial charge in [-0.1, -0.05) is 12.1 Å². The summed E-state index contributed by atoms with van der Waals surface area (Å²) in [6.07, 6.45) is 0.354. The Morgan fingerprint density at radius 1 is 1.39 bits per heavy atom. The van der Waals surface area contributed by atoms with E-state index in [4.69, 9.17) is 0 Å². The van der Waals surface area contributed by atoms with E-state index in [-0.39, 0.29) is 11.7 Å². The van der Waals surface area contributed by atoms with Crippen LogP contribution in [0.25, 0.3) is 0 Å². The Labute approximate surface area is 133 Å². The van der Waals surface area contributed by atoms with E-state index in [1.54, 1.807) is 19.1 Å². The van der Waals surface area contributed by atoms with E-state index < -0.39 is 6.04 Å². The van der Waals surface area contributed by atoms with Crippen molar-refractivity contribution in [3.8, 4) is 0 Å². The van der Waals surface area contributed by atoms with E-state index in [0.717, 1.165) is 18.7 Å². The van der Waals surface area contributed by atoms with Crippen LogP contribution in [0.15, 0.2) is 24.3 Å². The first-order valence-corrected chi connectivity index (χ1v) is 7.63. The lowest BCUT2D eigenvalue weighted by molar-refractivity contribution is -0.135. The van der Waals surface area contributed by atoms with Crippen LogP contribution in [0.2, 0.25) is 0 Å². The maximum atomic E-state index is 13.4. The first-order chi connectivity index (χ1) is 11.1. The molecule has 1 aromatic heterocycles. The van der Waals surface area contributed by atoms with Crippen molar-refractivity contribution in [2.24, 2.45) is 0 Å². The zero-order valence-electron chi connectivity index (χ0n) is 12.9. The summed E-state index contributed by atoms with van der Waals surface area (Å²) in [6, 6.07) is 5.71. The quantitative estimate of drug-likeness (QED) is 0.879. The van der Waals surface area contributed by atoms with Gasteiger partial charge in [0.15, 0.2) is 0 Å². The fraction of sp³-hybridized carbons (Fsp3) is 0.467. The zero-order valence-corrected chi connectivity index (χ0v) is 12.9. The average Bonchev–Trinajstić information content (AvgIpc) is 2.99. The zero-order chi connectivity index (χ0) is 16.2. The minimum atomic E-state index is -0.565. The number of carbonyl (C=O) groups is 1. The number of benzene rings is 1. The van der Waals surface area contributed by atoms with Crippen LogP contribution in [0.4, 0.5) is 4.39 Å². The summed E-state index contributed by atoms with van der Waals surface area (Å²) in [5.41, 5.74) is 0.744. The second kappa shape index (κ2) is 6.82. The molecule has 0 saturated carbocycles. The summed E-state index contributed by atoms with van der Waals surface area (Å²) in [5.74, 6) is 0.213. The summed E-state index contributed by atoms with van der Waals surface area (Å²) < 4.78 is 15.0. The Morgan fingerprint density at radius 3 is 2.83 bits per heavy atom. The number of aryl methyl sites for hydroxylation is 1. The Balaban J connectivity index is 1.87. The van der Waals surface area contributed by atoms with Gasteiger partial charge < -0.3 is 10.2 Å². The molecule has 1 N–H and O–H groups in total. The molecule has 0 radical (unpaired) electrons. The molecular formula is C15H19FN6O. The summed E-state index contributed by atoms with van der Waals surface area (Å²) >= 11 is 0. The second-order valence-electron chi connectivity index (χ2n) is 5.60. The van der Waals surface area contributed by atoms with Gasteiger partial charge in [-0.25, -0.2) is 9.07 Å². The third kappa shape index (κ3) is 3.53. The molecule has 0 spiro atoms. The number of hydrogen-bond donors (Lipinski definition) is 1. The number of piperazine rings is 1. The van der Waals surface area contributed by atoms with Crippen LogP contribution in [0.3, 0.4) is 0 Å². The van der Waals surface area contributed by atoms with Gasteiger partial charge in [-0.3, -0.25) is 4.79 Å². The van der Waals surface area contributed by atoms with E-state index in [2.05, 4.69) is 20.8 Å². The number of halogens is 1. The van der Waals surface area contributed by atoms with Crippen molar-refractivity contribution in [1.82, 2.24) is 30.4 Å². The highest BCUT2D eigenvalue weighted by atomic mass is 19.1. The van der Waals surface area contributed by atoms with Gasteiger partial charge in [0.2, 0.25) is 5.91 Å². The fourth-order valence-corrected chi connectivity index (χ4v) is 2.79. The maximum absolute atomic E-state index is 13.4. The SMILES string of the molecule is Cc1nnnn1C(Cc1cccc(F)c1)C(=O)N1CCNCC1. The highest BCUT2D eigenvalue weighted by molar-refractivity contribution is 5.81. The average molecular weight is 318 g/mol. The molecule has 1 aromatic carbocycles. The third-order valence-electron chi connectivity index (χ3n) is 3.98. The highest BCUT2D eigenvalue weighted by Gasteiger charge is 2.29. The Bertz CT molecular complexity index is 682. The standard InChI is InChI=1S/C15H19FN6O/c1-11-18-19-20-22(11)14(10-12-3-2-4-13(16)9-12)15(23)21-7-5-17-6-8-21/h2-4,9,14,17H,5-8,10H2,1H3. The van der Waals surface area contributed by atoms with Crippen LogP contribution in [0.5, 0.6) is 0 Å². The summed E-state index contributed by atoms with van der Waals surface area (Å²) in [6.45, 7) is 4.60. The number of rotatable bonds is 4. The number of nitrogens with zero attached hydrogens (tertiary/aromatic N) is 5. The predicted molar refractivity (Wildman–Crippen MR) is 81.1 cm³/mol. The molecule has 0 bridgehead atoms. The van der Waals surface area contributed by atoms with E-state index in [1.165, 1.54) is 16.8 Å². The van der Waals surface area contributed by atoms with Crippen LogP contribution in [0.1, 0.15) is 17.4 Å². The molecule has 122 valence electrons. The number of carbonyl (C=O) groups excluding carboxylic acids is 1. The van der Waals surface area contributed by atoms with Gasteiger partial charge in [0.05, 0.1) is 0 Å². The lowest BCUT2D eigenvalue weighted by atomic mass is 10.0. The lowest BCUT2D eigenvalue weighted by Crippen LogP contribution is -2.49. The molecule has 1 unspecified atom stereocenters. The first-order valence-electron chi connectivity index (χ1n) is 7.63. The number of hydrogen-bond acceptors (Lipinski definition) is 5. The number of aromatic nitrogens is 4. The molecule has 1 saturated heterocycles. The van der Waals surface area contributed by atoms with E-state index >= 15 is 0 Å². The molecule has 1 aliphatic rings. The molecule has 1 fully saturated rings. The molecule has 7 nitrogen and oxygen atoms in total.